The fourth-order valence-electron chi connectivity index (χ4n) is 4.48. The lowest BCUT2D eigenvalue weighted by atomic mass is 9.77. The Bertz CT molecular complexity index is 272. The number of nitrogens with zero attached hydrogens (tertiary/aromatic N) is 1. The highest BCUT2D eigenvalue weighted by Crippen LogP contribution is 2.38. The topological polar surface area (TPSA) is 15.3 Å². The van der Waals surface area contributed by atoms with Crippen molar-refractivity contribution in [3.63, 3.8) is 0 Å². The molecule has 1 unspecified atom stereocenters. The Morgan fingerprint density at radius 3 is 2.59 bits per heavy atom. The predicted molar refractivity (Wildman–Crippen MR) is 72.2 cm³/mol. The van der Waals surface area contributed by atoms with Gasteiger partial charge in [-0.25, -0.2) is 0 Å². The molecular weight excluding hydrogens is 208 g/mol. The molecule has 0 aromatic heterocycles. The van der Waals surface area contributed by atoms with Gasteiger partial charge in [0.2, 0.25) is 0 Å². The van der Waals surface area contributed by atoms with E-state index in [1.165, 1.54) is 58.0 Å². The van der Waals surface area contributed by atoms with Crippen molar-refractivity contribution in [1.82, 2.24) is 10.2 Å². The summed E-state index contributed by atoms with van der Waals surface area (Å²) in [6.07, 6.45) is 10.2. The quantitative estimate of drug-likeness (QED) is 0.753. The largest absolute Gasteiger partial charge is 0.310 e. The second-order valence-electron chi connectivity index (χ2n) is 7.11. The van der Waals surface area contributed by atoms with Gasteiger partial charge in [0, 0.05) is 24.2 Å². The van der Waals surface area contributed by atoms with Crippen molar-refractivity contribution in [2.45, 2.75) is 76.4 Å². The number of hydrogen-bond acceptors (Lipinski definition) is 2. The van der Waals surface area contributed by atoms with Crippen LogP contribution in [0.3, 0.4) is 0 Å². The van der Waals surface area contributed by atoms with Crippen molar-refractivity contribution in [2.24, 2.45) is 5.92 Å². The highest BCUT2D eigenvalue weighted by molar-refractivity contribution is 4.98. The fourth-order valence-corrected chi connectivity index (χ4v) is 4.48. The summed E-state index contributed by atoms with van der Waals surface area (Å²) >= 11 is 0. The molecule has 1 aliphatic carbocycles. The Kier molecular flexibility index (Phi) is 3.20. The molecule has 0 spiro atoms. The molecule has 0 aromatic carbocycles. The van der Waals surface area contributed by atoms with E-state index >= 15 is 0 Å². The van der Waals surface area contributed by atoms with Gasteiger partial charge in [-0.1, -0.05) is 12.8 Å². The molecule has 3 fully saturated rings. The van der Waals surface area contributed by atoms with E-state index in [2.05, 4.69) is 24.1 Å². The highest BCUT2D eigenvalue weighted by Gasteiger charge is 2.40. The summed E-state index contributed by atoms with van der Waals surface area (Å²) in [5.41, 5.74) is 0.367. The maximum Gasteiger partial charge on any atom is 0.0241 e. The Balaban J connectivity index is 1.69. The minimum Gasteiger partial charge on any atom is -0.310 e. The zero-order valence-electron chi connectivity index (χ0n) is 11.5. The molecule has 0 amide bonds. The third-order valence-electron chi connectivity index (χ3n) is 5.32. The molecule has 98 valence electrons. The third kappa shape index (κ3) is 2.39. The van der Waals surface area contributed by atoms with Gasteiger partial charge < -0.3 is 5.32 Å². The predicted octanol–water partition coefficient (Wildman–Crippen LogP) is 2.78. The Labute approximate surface area is 106 Å². The van der Waals surface area contributed by atoms with E-state index in [9.17, 15) is 0 Å². The average molecular weight is 236 g/mol. The van der Waals surface area contributed by atoms with Gasteiger partial charge in [0.1, 0.15) is 0 Å². The fraction of sp³-hybridized carbons (Fsp3) is 1.00. The molecule has 0 aromatic rings. The van der Waals surface area contributed by atoms with Crippen LogP contribution >= 0.6 is 0 Å². The zero-order chi connectivity index (χ0) is 11.9. The lowest BCUT2D eigenvalue weighted by molar-refractivity contribution is 0.0301. The van der Waals surface area contributed by atoms with Gasteiger partial charge in [-0.3, -0.25) is 4.90 Å². The van der Waals surface area contributed by atoms with Gasteiger partial charge in [-0.15, -0.1) is 0 Å². The first-order valence-electron chi connectivity index (χ1n) is 7.66. The summed E-state index contributed by atoms with van der Waals surface area (Å²) in [5.74, 6) is 1.03. The lowest BCUT2D eigenvalue weighted by Crippen LogP contribution is -2.52. The Morgan fingerprint density at radius 2 is 1.82 bits per heavy atom. The summed E-state index contributed by atoms with van der Waals surface area (Å²) in [4.78, 5) is 2.88. The van der Waals surface area contributed by atoms with Crippen LogP contribution in [0.15, 0.2) is 0 Å². The standard InChI is InChI=1S/C15H28N2/c1-15(2)10-13(11-16-15)17-9-5-7-12-6-3-4-8-14(12)17/h12-14,16H,3-11H2,1-2H3/t12-,13?,14-/m1/s1. The molecule has 2 saturated heterocycles. The normalized spacial score (nSPS) is 42.4. The van der Waals surface area contributed by atoms with E-state index in [-0.39, 0.29) is 0 Å². The maximum atomic E-state index is 3.70. The zero-order valence-corrected chi connectivity index (χ0v) is 11.5. The van der Waals surface area contributed by atoms with Crippen LogP contribution in [0.1, 0.15) is 58.8 Å². The Hall–Kier alpha value is -0.0800. The van der Waals surface area contributed by atoms with Crippen molar-refractivity contribution in [1.29, 1.82) is 0 Å². The van der Waals surface area contributed by atoms with Crippen LogP contribution in [-0.4, -0.2) is 35.6 Å². The minimum atomic E-state index is 0.367. The van der Waals surface area contributed by atoms with E-state index in [0.29, 0.717) is 5.54 Å². The summed E-state index contributed by atoms with van der Waals surface area (Å²) in [5, 5.41) is 3.70. The van der Waals surface area contributed by atoms with Crippen LogP contribution in [0.5, 0.6) is 0 Å². The van der Waals surface area contributed by atoms with E-state index < -0.39 is 0 Å². The van der Waals surface area contributed by atoms with Gasteiger partial charge >= 0.3 is 0 Å². The van der Waals surface area contributed by atoms with Gasteiger partial charge in [-0.2, -0.15) is 0 Å². The number of fused-ring (bicyclic) bond motifs is 1. The minimum absolute atomic E-state index is 0.367. The van der Waals surface area contributed by atoms with Crippen LogP contribution in [-0.2, 0) is 0 Å². The van der Waals surface area contributed by atoms with Gasteiger partial charge in [0.25, 0.3) is 0 Å². The van der Waals surface area contributed by atoms with E-state index in [4.69, 9.17) is 0 Å². The van der Waals surface area contributed by atoms with E-state index in [1.54, 1.807) is 0 Å². The number of rotatable bonds is 1. The SMILES string of the molecule is CC1(C)CC(N2CCC[C@H]3CCCC[C@H]32)CN1. The van der Waals surface area contributed by atoms with Crippen molar-refractivity contribution in [3.05, 3.63) is 0 Å². The van der Waals surface area contributed by atoms with Crippen LogP contribution in [0.2, 0.25) is 0 Å². The lowest BCUT2D eigenvalue weighted by Gasteiger charge is -2.47. The molecule has 2 nitrogen and oxygen atoms in total. The summed E-state index contributed by atoms with van der Waals surface area (Å²) in [6, 6.07) is 1.74. The molecule has 0 radical (unpaired) electrons. The molecule has 3 atom stereocenters. The molecule has 0 bridgehead atoms. The van der Waals surface area contributed by atoms with E-state index in [1.807, 2.05) is 0 Å². The molecule has 3 rings (SSSR count). The first kappa shape index (κ1) is 12.0. The molecule has 3 aliphatic rings. The second kappa shape index (κ2) is 4.55. The van der Waals surface area contributed by atoms with E-state index in [0.717, 1.165) is 18.0 Å². The van der Waals surface area contributed by atoms with Crippen molar-refractivity contribution in [3.8, 4) is 0 Å². The number of hydrogen-bond donors (Lipinski definition) is 1. The Morgan fingerprint density at radius 1 is 1.06 bits per heavy atom. The molecule has 1 saturated carbocycles. The van der Waals surface area contributed by atoms with Crippen molar-refractivity contribution >= 4 is 0 Å². The van der Waals surface area contributed by atoms with Crippen LogP contribution in [0.4, 0.5) is 0 Å². The highest BCUT2D eigenvalue weighted by atomic mass is 15.2. The molecule has 17 heavy (non-hydrogen) atoms. The summed E-state index contributed by atoms with van der Waals surface area (Å²) < 4.78 is 0. The van der Waals surface area contributed by atoms with Gasteiger partial charge in [0.05, 0.1) is 0 Å². The summed E-state index contributed by atoms with van der Waals surface area (Å²) in [7, 11) is 0. The van der Waals surface area contributed by atoms with Crippen LogP contribution in [0, 0.1) is 5.92 Å². The van der Waals surface area contributed by atoms with Crippen LogP contribution < -0.4 is 5.32 Å². The molecule has 2 aliphatic heterocycles. The van der Waals surface area contributed by atoms with Crippen LogP contribution in [0.25, 0.3) is 0 Å². The van der Waals surface area contributed by atoms with Crippen molar-refractivity contribution in [2.75, 3.05) is 13.1 Å². The molecule has 2 heteroatoms. The first-order chi connectivity index (χ1) is 8.16. The number of piperidine rings is 1. The van der Waals surface area contributed by atoms with Crippen molar-refractivity contribution < 1.29 is 0 Å². The molecular formula is C15H28N2. The summed E-state index contributed by atoms with van der Waals surface area (Å²) in [6.45, 7) is 7.30. The third-order valence-corrected chi connectivity index (χ3v) is 5.32. The maximum absolute atomic E-state index is 3.70. The first-order valence-corrected chi connectivity index (χ1v) is 7.66. The monoisotopic (exact) mass is 236 g/mol. The smallest absolute Gasteiger partial charge is 0.0241 e. The second-order valence-corrected chi connectivity index (χ2v) is 7.11. The molecule has 2 heterocycles. The average Bonchev–Trinajstić information content (AvgIpc) is 2.69. The van der Waals surface area contributed by atoms with Gasteiger partial charge in [-0.05, 0) is 58.4 Å². The van der Waals surface area contributed by atoms with Gasteiger partial charge in [0.15, 0.2) is 0 Å². The number of nitrogens with one attached hydrogen (secondary N) is 1. The number of likely N-dealkylation sites (tertiary alicyclic amines) is 1. The molecule has 1 N–H and O–H groups in total.